The van der Waals surface area contributed by atoms with Crippen molar-refractivity contribution in [2.45, 2.75) is 18.9 Å². The molecule has 0 aliphatic carbocycles. The van der Waals surface area contributed by atoms with Crippen molar-refractivity contribution in [2.75, 3.05) is 72.0 Å². The first-order valence-electron chi connectivity index (χ1n) is 10.4. The summed E-state index contributed by atoms with van der Waals surface area (Å²) in [5, 5.41) is 9.29. The summed E-state index contributed by atoms with van der Waals surface area (Å²) >= 11 is 0. The molecule has 0 radical (unpaired) electrons. The van der Waals surface area contributed by atoms with E-state index in [-0.39, 0.29) is 12.6 Å². The van der Waals surface area contributed by atoms with Crippen LogP contribution in [0.15, 0.2) is 38.0 Å². The predicted molar refractivity (Wildman–Crippen MR) is 118 cm³/mol. The van der Waals surface area contributed by atoms with Crippen LogP contribution >= 0.6 is 0 Å². The third kappa shape index (κ3) is 10.5. The van der Waals surface area contributed by atoms with Crippen molar-refractivity contribution in [3.05, 3.63) is 38.0 Å². The third-order valence-electron chi connectivity index (χ3n) is 5.30. The summed E-state index contributed by atoms with van der Waals surface area (Å²) in [6.45, 7) is 19.2. The lowest BCUT2D eigenvalue weighted by Gasteiger charge is -2.35. The molecule has 1 atom stereocenters. The number of allylic oxidation sites excluding steroid dienone is 1. The van der Waals surface area contributed by atoms with Crippen molar-refractivity contribution in [3.8, 4) is 0 Å². The number of carbonyl (C=O) groups excluding carboxylic acids is 1. The van der Waals surface area contributed by atoms with Crippen LogP contribution in [-0.4, -0.2) is 115 Å². The van der Waals surface area contributed by atoms with Gasteiger partial charge in [-0.15, -0.1) is 19.7 Å². The summed E-state index contributed by atoms with van der Waals surface area (Å²) in [5.74, 6) is -0.824. The second-order valence-electron chi connectivity index (χ2n) is 7.45. The molecule has 164 valence electrons. The molecule has 7 nitrogen and oxygen atoms in total. The average Bonchev–Trinajstić information content (AvgIpc) is 2.69. The highest BCUT2D eigenvalue weighted by molar-refractivity contribution is 5.69. The van der Waals surface area contributed by atoms with Gasteiger partial charge in [-0.3, -0.25) is 24.4 Å². The molecule has 1 heterocycles. The van der Waals surface area contributed by atoms with Crippen LogP contribution in [0, 0.1) is 0 Å². The van der Waals surface area contributed by atoms with Crippen LogP contribution in [0.2, 0.25) is 0 Å². The summed E-state index contributed by atoms with van der Waals surface area (Å²) in [7, 11) is 0. The molecule has 0 saturated carbocycles. The average molecular weight is 407 g/mol. The summed E-state index contributed by atoms with van der Waals surface area (Å²) < 4.78 is 0. The van der Waals surface area contributed by atoms with Gasteiger partial charge in [0.15, 0.2) is 0 Å². The van der Waals surface area contributed by atoms with Gasteiger partial charge in [-0.2, -0.15) is 0 Å². The lowest BCUT2D eigenvalue weighted by atomic mass is 10.1. The Balaban J connectivity index is 2.95. The second kappa shape index (κ2) is 15.1. The number of rotatable bonds is 11. The zero-order valence-electron chi connectivity index (χ0n) is 17.8. The smallest absolute Gasteiger partial charge is 0.317 e. The van der Waals surface area contributed by atoms with E-state index >= 15 is 0 Å². The van der Waals surface area contributed by atoms with Crippen molar-refractivity contribution >= 4 is 12.3 Å². The maximum absolute atomic E-state index is 11.7. The summed E-state index contributed by atoms with van der Waals surface area (Å²) in [6, 6.07) is -0.175. The van der Waals surface area contributed by atoms with Gasteiger partial charge in [-0.05, 0) is 12.8 Å². The van der Waals surface area contributed by atoms with Crippen molar-refractivity contribution < 1.29 is 14.7 Å². The van der Waals surface area contributed by atoms with E-state index in [2.05, 4.69) is 34.4 Å². The molecule has 1 aliphatic rings. The maximum Gasteiger partial charge on any atom is 0.317 e. The van der Waals surface area contributed by atoms with Crippen LogP contribution < -0.4 is 0 Å². The molecular formula is C22H38N4O3. The molecule has 0 aromatic carbocycles. The fourth-order valence-corrected chi connectivity index (χ4v) is 3.59. The standard InChI is InChI=1S/C22H38N4O3/c1-4-7-8-21(20-27)26-17-15-24(10-6-3)12-11-23(9-5-2)13-14-25(16-18-26)19-22(28)29/h4-6,20-21H,1-3,7-19H2,(H,28,29). The first-order chi connectivity index (χ1) is 14.0. The van der Waals surface area contributed by atoms with Gasteiger partial charge in [0.25, 0.3) is 0 Å². The lowest BCUT2D eigenvalue weighted by molar-refractivity contribution is -0.138. The van der Waals surface area contributed by atoms with Crippen molar-refractivity contribution in [1.82, 2.24) is 19.6 Å². The van der Waals surface area contributed by atoms with E-state index in [1.807, 2.05) is 23.1 Å². The van der Waals surface area contributed by atoms with Gasteiger partial charge in [0.05, 0.1) is 12.6 Å². The topological polar surface area (TPSA) is 67.3 Å². The second-order valence-corrected chi connectivity index (χ2v) is 7.45. The monoisotopic (exact) mass is 406 g/mol. The molecule has 1 aliphatic heterocycles. The Morgan fingerprint density at radius 3 is 1.76 bits per heavy atom. The highest BCUT2D eigenvalue weighted by Crippen LogP contribution is 2.08. The molecule has 1 saturated heterocycles. The number of carboxylic acids is 1. The number of nitrogens with zero attached hydrogens (tertiary/aromatic N) is 4. The maximum atomic E-state index is 11.7. The molecule has 1 unspecified atom stereocenters. The zero-order valence-corrected chi connectivity index (χ0v) is 17.8. The third-order valence-corrected chi connectivity index (χ3v) is 5.30. The van der Waals surface area contributed by atoms with E-state index < -0.39 is 5.97 Å². The molecule has 29 heavy (non-hydrogen) atoms. The van der Waals surface area contributed by atoms with Crippen molar-refractivity contribution in [3.63, 3.8) is 0 Å². The van der Waals surface area contributed by atoms with E-state index in [9.17, 15) is 14.7 Å². The van der Waals surface area contributed by atoms with Gasteiger partial charge >= 0.3 is 5.97 Å². The Labute approximate surface area is 175 Å². The van der Waals surface area contributed by atoms with Crippen LogP contribution in [0.5, 0.6) is 0 Å². The van der Waals surface area contributed by atoms with Gasteiger partial charge in [0, 0.05) is 65.4 Å². The van der Waals surface area contributed by atoms with Crippen LogP contribution in [0.1, 0.15) is 12.8 Å². The number of hydrogen-bond acceptors (Lipinski definition) is 6. The molecule has 0 aromatic rings. The Morgan fingerprint density at radius 1 is 0.828 bits per heavy atom. The Morgan fingerprint density at radius 2 is 1.31 bits per heavy atom. The van der Waals surface area contributed by atoms with E-state index in [4.69, 9.17) is 0 Å². The minimum atomic E-state index is -0.824. The number of aliphatic carboxylic acids is 1. The largest absolute Gasteiger partial charge is 0.480 e. The zero-order chi connectivity index (χ0) is 21.5. The lowest BCUT2D eigenvalue weighted by Crippen LogP contribution is -2.49. The molecule has 1 N–H and O–H groups in total. The molecule has 0 spiro atoms. The fourth-order valence-electron chi connectivity index (χ4n) is 3.59. The predicted octanol–water partition coefficient (Wildman–Crippen LogP) is 1.20. The molecule has 7 heteroatoms. The van der Waals surface area contributed by atoms with Crippen LogP contribution in [0.25, 0.3) is 0 Å². The Hall–Kier alpha value is -1.80. The minimum absolute atomic E-state index is 0.0107. The first kappa shape index (κ1) is 25.2. The molecular weight excluding hydrogens is 368 g/mol. The fraction of sp³-hybridized carbons (Fsp3) is 0.636. The summed E-state index contributed by atoms with van der Waals surface area (Å²) in [5.41, 5.74) is 0. The summed E-state index contributed by atoms with van der Waals surface area (Å²) in [4.78, 5) is 31.8. The van der Waals surface area contributed by atoms with Gasteiger partial charge in [0.2, 0.25) is 0 Å². The van der Waals surface area contributed by atoms with E-state index in [0.29, 0.717) is 19.6 Å². The highest BCUT2D eigenvalue weighted by atomic mass is 16.4. The Kier molecular flexibility index (Phi) is 13.1. The normalized spacial score (nSPS) is 20.1. The van der Waals surface area contributed by atoms with Gasteiger partial charge in [-0.25, -0.2) is 0 Å². The van der Waals surface area contributed by atoms with Gasteiger partial charge < -0.3 is 9.90 Å². The SMILES string of the molecule is C=CCCC(C=O)N1CCN(CC=C)CCN(CC=C)CCN(CC(=O)O)CC1. The Bertz CT molecular complexity index is 526. The molecule has 0 bridgehead atoms. The highest BCUT2D eigenvalue weighted by Gasteiger charge is 2.21. The van der Waals surface area contributed by atoms with Gasteiger partial charge in [-0.1, -0.05) is 18.2 Å². The van der Waals surface area contributed by atoms with Crippen LogP contribution in [-0.2, 0) is 9.59 Å². The molecule has 1 fully saturated rings. The number of carboxylic acid groups (broad SMARTS) is 1. The van der Waals surface area contributed by atoms with E-state index in [1.54, 1.807) is 0 Å². The summed E-state index contributed by atoms with van der Waals surface area (Å²) in [6.07, 6.45) is 8.17. The van der Waals surface area contributed by atoms with E-state index in [0.717, 1.165) is 64.9 Å². The first-order valence-corrected chi connectivity index (χ1v) is 10.4. The molecule has 0 aromatic heterocycles. The van der Waals surface area contributed by atoms with Crippen molar-refractivity contribution in [2.24, 2.45) is 0 Å². The van der Waals surface area contributed by atoms with Gasteiger partial charge in [0.1, 0.15) is 6.29 Å². The number of hydrogen-bond donors (Lipinski definition) is 1. The molecule has 0 amide bonds. The van der Waals surface area contributed by atoms with Crippen LogP contribution in [0.4, 0.5) is 0 Å². The minimum Gasteiger partial charge on any atom is -0.480 e. The van der Waals surface area contributed by atoms with Crippen molar-refractivity contribution in [1.29, 1.82) is 0 Å². The number of carbonyl (C=O) groups is 2. The number of aldehydes is 1. The van der Waals surface area contributed by atoms with Crippen LogP contribution in [0.3, 0.4) is 0 Å². The van der Waals surface area contributed by atoms with E-state index in [1.165, 1.54) is 0 Å². The quantitative estimate of drug-likeness (QED) is 0.408. The molecule has 1 rings (SSSR count).